The van der Waals surface area contributed by atoms with Gasteiger partial charge in [0.1, 0.15) is 11.4 Å². The fourth-order valence-corrected chi connectivity index (χ4v) is 3.47. The minimum atomic E-state index is 0.655. The van der Waals surface area contributed by atoms with Crippen molar-refractivity contribution >= 4 is 11.6 Å². The number of nitrogens with zero attached hydrogens (tertiary/aromatic N) is 5. The van der Waals surface area contributed by atoms with Crippen LogP contribution in [0.4, 0.5) is 0 Å². The lowest BCUT2D eigenvalue weighted by Crippen LogP contribution is -2.27. The Kier molecular flexibility index (Phi) is 3.47. The highest BCUT2D eigenvalue weighted by Gasteiger charge is 2.23. The van der Waals surface area contributed by atoms with Crippen LogP contribution in [0.5, 0.6) is 0 Å². The first-order valence-corrected chi connectivity index (χ1v) is 8.91. The molecule has 3 heterocycles. The molecule has 130 valence electrons. The Hall–Kier alpha value is -3.60. The summed E-state index contributed by atoms with van der Waals surface area (Å²) in [5.74, 6) is 1.41. The predicted molar refractivity (Wildman–Crippen MR) is 104 cm³/mol. The van der Waals surface area contributed by atoms with E-state index < -0.39 is 0 Å². The maximum atomic E-state index is 4.93. The molecule has 0 N–H and O–H groups in total. The summed E-state index contributed by atoms with van der Waals surface area (Å²) in [7, 11) is 0. The van der Waals surface area contributed by atoms with Crippen molar-refractivity contribution in [2.75, 3.05) is 0 Å². The molecule has 0 atom stereocenters. The summed E-state index contributed by atoms with van der Waals surface area (Å²) in [6.45, 7) is 4.04. The zero-order valence-electron chi connectivity index (χ0n) is 15.2. The van der Waals surface area contributed by atoms with Crippen LogP contribution in [0.2, 0.25) is 0 Å². The van der Waals surface area contributed by atoms with E-state index in [0.717, 1.165) is 39.7 Å². The van der Waals surface area contributed by atoms with Crippen LogP contribution >= 0.6 is 0 Å². The smallest absolute Gasteiger partial charge is 0.178 e. The second-order valence-corrected chi connectivity index (χ2v) is 6.64. The van der Waals surface area contributed by atoms with E-state index in [1.807, 2.05) is 58.3 Å². The molecular weight excluding hydrogens is 334 g/mol. The summed E-state index contributed by atoms with van der Waals surface area (Å²) < 4.78 is 3.89. The standard InChI is InChI=1S/C22H18N5/c1-15-13-16(2)26-21(23-15)25-27-20(18-11-7-4-8-12-18)14-19(24-22(26)27)17-9-5-3-6-10-17/h3-14H,1-2H3/q+1. The Morgan fingerprint density at radius 2 is 1.44 bits per heavy atom. The Labute approximate surface area is 156 Å². The van der Waals surface area contributed by atoms with E-state index in [4.69, 9.17) is 10.1 Å². The van der Waals surface area contributed by atoms with Gasteiger partial charge in [0.25, 0.3) is 0 Å². The van der Waals surface area contributed by atoms with Crippen molar-refractivity contribution in [1.82, 2.24) is 19.6 Å². The second kappa shape index (κ2) is 5.99. The SMILES string of the molecule is Cc1cc(C)[n+]2c(n1)nn1c(-c3ccccc3)cc(-c3ccccc3)nc12. The molecule has 0 saturated heterocycles. The van der Waals surface area contributed by atoms with E-state index in [2.05, 4.69) is 42.2 Å². The lowest BCUT2D eigenvalue weighted by Gasteiger charge is -2.04. The summed E-state index contributed by atoms with van der Waals surface area (Å²) >= 11 is 0. The molecule has 2 aromatic carbocycles. The summed E-state index contributed by atoms with van der Waals surface area (Å²) in [6, 6.07) is 24.6. The predicted octanol–water partition coefficient (Wildman–Crippen LogP) is 3.81. The quantitative estimate of drug-likeness (QED) is 0.454. The number of aromatic nitrogens is 5. The summed E-state index contributed by atoms with van der Waals surface area (Å²) in [5, 5.41) is 4.75. The summed E-state index contributed by atoms with van der Waals surface area (Å²) in [5.41, 5.74) is 6.07. The van der Waals surface area contributed by atoms with E-state index in [1.54, 1.807) is 0 Å². The third kappa shape index (κ3) is 2.56. The molecule has 0 radical (unpaired) electrons. The molecule has 27 heavy (non-hydrogen) atoms. The Balaban J connectivity index is 1.93. The minimum absolute atomic E-state index is 0.655. The third-order valence-corrected chi connectivity index (χ3v) is 4.69. The van der Waals surface area contributed by atoms with Crippen molar-refractivity contribution in [3.8, 4) is 22.5 Å². The normalized spacial score (nSPS) is 11.3. The monoisotopic (exact) mass is 352 g/mol. The lowest BCUT2D eigenvalue weighted by molar-refractivity contribution is -0.496. The molecule has 0 bridgehead atoms. The molecule has 5 heteroatoms. The molecular formula is C22H18N5+. The number of hydrogen-bond donors (Lipinski definition) is 0. The van der Waals surface area contributed by atoms with Gasteiger partial charge in [0.2, 0.25) is 0 Å². The van der Waals surface area contributed by atoms with E-state index >= 15 is 0 Å². The van der Waals surface area contributed by atoms with Crippen LogP contribution in [0.15, 0.2) is 72.8 Å². The van der Waals surface area contributed by atoms with Crippen LogP contribution < -0.4 is 4.40 Å². The topological polar surface area (TPSA) is 47.2 Å². The first-order valence-electron chi connectivity index (χ1n) is 8.91. The van der Waals surface area contributed by atoms with Crippen molar-refractivity contribution in [2.24, 2.45) is 0 Å². The fraction of sp³-hybridized carbons (Fsp3) is 0.0909. The zero-order valence-corrected chi connectivity index (χ0v) is 15.2. The number of benzene rings is 2. The molecule has 0 fully saturated rings. The molecule has 0 aliphatic heterocycles. The summed E-state index contributed by atoms with van der Waals surface area (Å²) in [6.07, 6.45) is 0. The van der Waals surface area contributed by atoms with Gasteiger partial charge in [-0.05, 0) is 19.9 Å². The van der Waals surface area contributed by atoms with Crippen LogP contribution in [-0.2, 0) is 0 Å². The summed E-state index contributed by atoms with van der Waals surface area (Å²) in [4.78, 5) is 9.54. The lowest BCUT2D eigenvalue weighted by atomic mass is 10.1. The Morgan fingerprint density at radius 3 is 2.15 bits per heavy atom. The molecule has 5 aromatic rings. The van der Waals surface area contributed by atoms with E-state index in [1.165, 1.54) is 0 Å². The largest absolute Gasteiger partial charge is 0.389 e. The average molecular weight is 352 g/mol. The van der Waals surface area contributed by atoms with E-state index in [-0.39, 0.29) is 0 Å². The Bertz CT molecular complexity index is 1270. The zero-order chi connectivity index (χ0) is 18.4. The molecule has 0 saturated carbocycles. The van der Waals surface area contributed by atoms with Gasteiger partial charge in [0.05, 0.1) is 11.4 Å². The maximum Gasteiger partial charge on any atom is 0.389 e. The highest BCUT2D eigenvalue weighted by molar-refractivity contribution is 5.70. The van der Waals surface area contributed by atoms with Crippen molar-refractivity contribution < 1.29 is 4.40 Å². The van der Waals surface area contributed by atoms with E-state index in [9.17, 15) is 0 Å². The van der Waals surface area contributed by atoms with Crippen LogP contribution in [0.25, 0.3) is 34.1 Å². The van der Waals surface area contributed by atoms with Gasteiger partial charge < -0.3 is 0 Å². The van der Waals surface area contributed by atoms with E-state index in [0.29, 0.717) is 5.78 Å². The average Bonchev–Trinajstić information content (AvgIpc) is 3.07. The fourth-order valence-electron chi connectivity index (χ4n) is 3.47. The number of rotatable bonds is 2. The van der Waals surface area contributed by atoms with Gasteiger partial charge >= 0.3 is 11.6 Å². The molecule has 5 nitrogen and oxygen atoms in total. The molecule has 0 spiro atoms. The highest BCUT2D eigenvalue weighted by Crippen LogP contribution is 2.25. The van der Waals surface area contributed by atoms with Gasteiger partial charge in [-0.15, -0.1) is 9.97 Å². The van der Waals surface area contributed by atoms with Crippen molar-refractivity contribution in [1.29, 1.82) is 0 Å². The van der Waals surface area contributed by atoms with Crippen molar-refractivity contribution in [3.63, 3.8) is 0 Å². The van der Waals surface area contributed by atoms with Crippen LogP contribution in [0.3, 0.4) is 0 Å². The van der Waals surface area contributed by atoms with Crippen molar-refractivity contribution in [2.45, 2.75) is 13.8 Å². The minimum Gasteiger partial charge on any atom is -0.178 e. The molecule has 0 amide bonds. The molecule has 5 rings (SSSR count). The van der Waals surface area contributed by atoms with Gasteiger partial charge in [-0.25, -0.2) is 0 Å². The van der Waals surface area contributed by atoms with Crippen LogP contribution in [-0.4, -0.2) is 19.6 Å². The maximum absolute atomic E-state index is 4.93. The number of fused-ring (bicyclic) bond motifs is 3. The molecule has 0 unspecified atom stereocenters. The molecule has 3 aromatic heterocycles. The van der Waals surface area contributed by atoms with Crippen molar-refractivity contribution in [3.05, 3.63) is 84.2 Å². The second-order valence-electron chi connectivity index (χ2n) is 6.64. The molecule has 0 aliphatic rings. The first-order chi connectivity index (χ1) is 13.2. The highest BCUT2D eigenvalue weighted by atomic mass is 15.4. The first kappa shape index (κ1) is 15.6. The van der Waals surface area contributed by atoms with Crippen LogP contribution in [0, 0.1) is 13.8 Å². The Morgan fingerprint density at radius 1 is 0.778 bits per heavy atom. The third-order valence-electron chi connectivity index (χ3n) is 4.69. The molecule has 0 aliphatic carbocycles. The van der Waals surface area contributed by atoms with Gasteiger partial charge in [-0.2, -0.15) is 4.40 Å². The van der Waals surface area contributed by atoms with Gasteiger partial charge in [0.15, 0.2) is 0 Å². The van der Waals surface area contributed by atoms with Gasteiger partial charge in [-0.3, -0.25) is 0 Å². The number of aryl methyl sites for hydroxylation is 2. The van der Waals surface area contributed by atoms with Gasteiger partial charge in [0, 0.05) is 22.3 Å². The number of hydrogen-bond acceptors (Lipinski definition) is 3. The van der Waals surface area contributed by atoms with Crippen LogP contribution in [0.1, 0.15) is 11.4 Å². The van der Waals surface area contributed by atoms with Gasteiger partial charge in [-0.1, -0.05) is 65.2 Å².